The summed E-state index contributed by atoms with van der Waals surface area (Å²) in [6, 6.07) is 9.48. The summed E-state index contributed by atoms with van der Waals surface area (Å²) in [5.74, 6) is 0. The van der Waals surface area contributed by atoms with Gasteiger partial charge < -0.3 is 5.32 Å². The fourth-order valence-corrected chi connectivity index (χ4v) is 2.60. The first-order valence-electron chi connectivity index (χ1n) is 5.43. The van der Waals surface area contributed by atoms with Crippen molar-refractivity contribution in [2.24, 2.45) is 5.14 Å². The number of aromatic nitrogens is 1. The first kappa shape index (κ1) is 12.7. The first-order valence-corrected chi connectivity index (χ1v) is 6.93. The number of rotatable bonds is 3. The van der Waals surface area contributed by atoms with Crippen molar-refractivity contribution in [2.45, 2.75) is 6.92 Å². The minimum atomic E-state index is -3.73. The normalized spacial score (nSPS) is 11.5. The van der Waals surface area contributed by atoms with Gasteiger partial charge in [0.1, 0.15) is 0 Å². The quantitative estimate of drug-likeness (QED) is 0.884. The smallest absolute Gasteiger partial charge is 0.302 e. The van der Waals surface area contributed by atoms with Crippen molar-refractivity contribution in [1.29, 1.82) is 0 Å². The fourth-order valence-electron chi connectivity index (χ4n) is 1.89. The molecule has 0 saturated heterocycles. The molecule has 18 heavy (non-hydrogen) atoms. The Morgan fingerprint density at radius 1 is 1.17 bits per heavy atom. The number of benzene rings is 1. The predicted octanol–water partition coefficient (Wildman–Crippen LogP) is 1.56. The van der Waals surface area contributed by atoms with Crippen molar-refractivity contribution in [3.8, 4) is 11.1 Å². The van der Waals surface area contributed by atoms with Crippen LogP contribution in [0.5, 0.6) is 0 Å². The lowest BCUT2D eigenvalue weighted by Crippen LogP contribution is -2.21. The molecule has 0 aliphatic rings. The molecule has 0 unspecified atom stereocenters. The van der Waals surface area contributed by atoms with Crippen LogP contribution in [0.3, 0.4) is 0 Å². The van der Waals surface area contributed by atoms with Crippen LogP contribution in [0.2, 0.25) is 0 Å². The molecular formula is C12H15N3O2S. The van der Waals surface area contributed by atoms with E-state index in [1.165, 1.54) is 6.20 Å². The summed E-state index contributed by atoms with van der Waals surface area (Å²) in [5, 5.41) is 8.15. The van der Waals surface area contributed by atoms with Gasteiger partial charge in [-0.3, -0.25) is 0 Å². The van der Waals surface area contributed by atoms with Gasteiger partial charge >= 0.3 is 10.2 Å². The van der Waals surface area contributed by atoms with Crippen molar-refractivity contribution < 1.29 is 8.42 Å². The van der Waals surface area contributed by atoms with E-state index in [9.17, 15) is 8.42 Å². The molecule has 0 spiro atoms. The maximum Gasteiger partial charge on any atom is 0.302 e. The van der Waals surface area contributed by atoms with Gasteiger partial charge in [0.15, 0.2) is 0 Å². The van der Waals surface area contributed by atoms with Crippen molar-refractivity contribution in [2.75, 3.05) is 12.4 Å². The summed E-state index contributed by atoms with van der Waals surface area (Å²) < 4.78 is 23.7. The summed E-state index contributed by atoms with van der Waals surface area (Å²) in [5.41, 5.74) is 3.41. The molecule has 1 aromatic carbocycles. The molecule has 6 heteroatoms. The number of hydrogen-bond donors (Lipinski definition) is 2. The maximum atomic E-state index is 11.3. The van der Waals surface area contributed by atoms with Crippen LogP contribution in [-0.4, -0.2) is 19.4 Å². The van der Waals surface area contributed by atoms with Crippen LogP contribution >= 0.6 is 0 Å². The molecule has 0 aliphatic carbocycles. The van der Waals surface area contributed by atoms with E-state index in [4.69, 9.17) is 5.14 Å². The lowest BCUT2D eigenvalue weighted by Gasteiger charge is -2.06. The molecular weight excluding hydrogens is 250 g/mol. The molecule has 0 saturated carbocycles. The van der Waals surface area contributed by atoms with Crippen LogP contribution in [0.25, 0.3) is 11.1 Å². The lowest BCUT2D eigenvalue weighted by molar-refractivity contribution is 0.588. The Morgan fingerprint density at radius 2 is 1.78 bits per heavy atom. The average Bonchev–Trinajstić information content (AvgIpc) is 2.71. The highest BCUT2D eigenvalue weighted by atomic mass is 32.2. The summed E-state index contributed by atoms with van der Waals surface area (Å²) in [6.07, 6.45) is 1.46. The molecule has 96 valence electrons. The van der Waals surface area contributed by atoms with Crippen molar-refractivity contribution >= 4 is 15.9 Å². The van der Waals surface area contributed by atoms with Gasteiger partial charge in [0.25, 0.3) is 0 Å². The SMILES string of the molecule is CNc1ccc(-c2ccn(S(N)(=O)=O)c2C)cc1. The molecule has 0 bridgehead atoms. The Labute approximate surface area is 106 Å². The fraction of sp³-hybridized carbons (Fsp3) is 0.167. The second kappa shape index (κ2) is 4.47. The molecule has 5 nitrogen and oxygen atoms in total. The Kier molecular flexibility index (Phi) is 3.14. The van der Waals surface area contributed by atoms with E-state index >= 15 is 0 Å². The largest absolute Gasteiger partial charge is 0.388 e. The minimum Gasteiger partial charge on any atom is -0.388 e. The zero-order valence-corrected chi connectivity index (χ0v) is 11.0. The third-order valence-electron chi connectivity index (χ3n) is 2.86. The average molecular weight is 265 g/mol. The molecule has 0 fully saturated rings. The molecule has 1 aromatic heterocycles. The summed E-state index contributed by atoms with van der Waals surface area (Å²) in [6.45, 7) is 1.73. The van der Waals surface area contributed by atoms with Gasteiger partial charge in [-0.2, -0.15) is 8.42 Å². The Balaban J connectivity index is 2.49. The summed E-state index contributed by atoms with van der Waals surface area (Å²) in [7, 11) is -1.88. The van der Waals surface area contributed by atoms with E-state index in [-0.39, 0.29) is 0 Å². The molecule has 0 aliphatic heterocycles. The van der Waals surface area contributed by atoms with Gasteiger partial charge in [0, 0.05) is 30.2 Å². The Bertz CT molecular complexity index is 657. The van der Waals surface area contributed by atoms with Crippen molar-refractivity contribution in [3.05, 3.63) is 42.2 Å². The summed E-state index contributed by atoms with van der Waals surface area (Å²) in [4.78, 5) is 0. The first-order chi connectivity index (χ1) is 8.43. The van der Waals surface area contributed by atoms with Crippen LogP contribution in [0.4, 0.5) is 5.69 Å². The third-order valence-corrected chi connectivity index (χ3v) is 3.80. The van der Waals surface area contributed by atoms with Crippen molar-refractivity contribution in [1.82, 2.24) is 3.97 Å². The number of nitrogens with one attached hydrogen (secondary N) is 1. The molecule has 3 N–H and O–H groups in total. The van der Waals surface area contributed by atoms with Gasteiger partial charge in [-0.25, -0.2) is 9.11 Å². The monoisotopic (exact) mass is 265 g/mol. The van der Waals surface area contributed by atoms with Crippen LogP contribution in [0.15, 0.2) is 36.5 Å². The van der Waals surface area contributed by atoms with Gasteiger partial charge in [0.05, 0.1) is 0 Å². The standard InChI is InChI=1S/C12H15N3O2S/c1-9-12(7-8-15(9)18(13,16)17)10-3-5-11(14-2)6-4-10/h3-8,14H,1-2H3,(H2,13,16,17). The van der Waals surface area contributed by atoms with E-state index in [2.05, 4.69) is 5.32 Å². The van der Waals surface area contributed by atoms with E-state index in [1.807, 2.05) is 31.3 Å². The number of hydrogen-bond acceptors (Lipinski definition) is 3. The van der Waals surface area contributed by atoms with E-state index in [0.29, 0.717) is 5.69 Å². The maximum absolute atomic E-state index is 11.3. The molecule has 2 rings (SSSR count). The molecule has 0 atom stereocenters. The van der Waals surface area contributed by atoms with Crippen LogP contribution in [0, 0.1) is 6.92 Å². The number of nitrogens with zero attached hydrogens (tertiary/aromatic N) is 1. The number of anilines is 1. The van der Waals surface area contributed by atoms with Gasteiger partial charge in [0.2, 0.25) is 0 Å². The lowest BCUT2D eigenvalue weighted by atomic mass is 10.1. The van der Waals surface area contributed by atoms with Gasteiger partial charge in [-0.15, -0.1) is 0 Å². The van der Waals surface area contributed by atoms with E-state index in [0.717, 1.165) is 20.8 Å². The molecule has 0 amide bonds. The zero-order chi connectivity index (χ0) is 13.3. The van der Waals surface area contributed by atoms with Crippen LogP contribution in [-0.2, 0) is 10.2 Å². The number of nitrogens with two attached hydrogens (primary N) is 1. The van der Waals surface area contributed by atoms with Crippen LogP contribution in [0.1, 0.15) is 5.69 Å². The highest BCUT2D eigenvalue weighted by molar-refractivity contribution is 7.87. The van der Waals surface area contributed by atoms with Crippen LogP contribution < -0.4 is 10.5 Å². The van der Waals surface area contributed by atoms with E-state index < -0.39 is 10.2 Å². The highest BCUT2D eigenvalue weighted by Gasteiger charge is 2.13. The Hall–Kier alpha value is -1.79. The predicted molar refractivity (Wildman–Crippen MR) is 72.7 cm³/mol. The second-order valence-electron chi connectivity index (χ2n) is 3.98. The molecule has 1 heterocycles. The van der Waals surface area contributed by atoms with Gasteiger partial charge in [-0.1, -0.05) is 12.1 Å². The summed E-state index contributed by atoms with van der Waals surface area (Å²) >= 11 is 0. The minimum absolute atomic E-state index is 0.606. The van der Waals surface area contributed by atoms with Gasteiger partial charge in [-0.05, 0) is 30.7 Å². The van der Waals surface area contributed by atoms with E-state index in [1.54, 1.807) is 13.0 Å². The van der Waals surface area contributed by atoms with Crippen molar-refractivity contribution in [3.63, 3.8) is 0 Å². The molecule has 0 radical (unpaired) electrons. The Morgan fingerprint density at radius 3 is 2.22 bits per heavy atom. The zero-order valence-electron chi connectivity index (χ0n) is 10.2. The topological polar surface area (TPSA) is 77.1 Å². The molecule has 2 aromatic rings. The third kappa shape index (κ3) is 2.25. The second-order valence-corrected chi connectivity index (χ2v) is 5.41. The highest BCUT2D eigenvalue weighted by Crippen LogP contribution is 2.26.